The van der Waals surface area contributed by atoms with Gasteiger partial charge in [-0.2, -0.15) is 0 Å². The van der Waals surface area contributed by atoms with E-state index >= 15 is 0 Å². The van der Waals surface area contributed by atoms with Gasteiger partial charge < -0.3 is 9.47 Å². The highest BCUT2D eigenvalue weighted by molar-refractivity contribution is 5.35. The van der Waals surface area contributed by atoms with Crippen molar-refractivity contribution in [3.63, 3.8) is 0 Å². The summed E-state index contributed by atoms with van der Waals surface area (Å²) in [6.45, 7) is 0.882. The lowest BCUT2D eigenvalue weighted by atomic mass is 10.0. The first-order valence-electron chi connectivity index (χ1n) is 4.79. The first-order valence-corrected chi connectivity index (χ1v) is 4.79. The highest BCUT2D eigenvalue weighted by Gasteiger charge is 2.36. The Balaban J connectivity index is 1.85. The van der Waals surface area contributed by atoms with Gasteiger partial charge >= 0.3 is 0 Å². The van der Waals surface area contributed by atoms with Gasteiger partial charge in [0.25, 0.3) is 0 Å². The SMILES string of the molecule is c1ccc2c(c1)CCC([C@@H]1CO1)O2. The molecule has 0 aliphatic carbocycles. The Kier molecular flexibility index (Phi) is 1.56. The van der Waals surface area contributed by atoms with E-state index in [9.17, 15) is 0 Å². The van der Waals surface area contributed by atoms with E-state index in [4.69, 9.17) is 9.47 Å². The van der Waals surface area contributed by atoms with Crippen molar-refractivity contribution < 1.29 is 9.47 Å². The summed E-state index contributed by atoms with van der Waals surface area (Å²) in [6.07, 6.45) is 2.89. The number of epoxide rings is 1. The van der Waals surface area contributed by atoms with E-state index in [1.807, 2.05) is 12.1 Å². The predicted octanol–water partition coefficient (Wildman–Crippen LogP) is 1.78. The van der Waals surface area contributed by atoms with E-state index in [0.29, 0.717) is 12.2 Å². The Hall–Kier alpha value is -1.02. The molecule has 1 aromatic carbocycles. The first kappa shape index (κ1) is 7.39. The van der Waals surface area contributed by atoms with Crippen molar-refractivity contribution in [2.75, 3.05) is 6.61 Å². The van der Waals surface area contributed by atoms with E-state index in [0.717, 1.165) is 25.2 Å². The zero-order valence-corrected chi connectivity index (χ0v) is 7.40. The number of hydrogen-bond acceptors (Lipinski definition) is 2. The molecule has 0 aromatic heterocycles. The van der Waals surface area contributed by atoms with E-state index in [2.05, 4.69) is 12.1 Å². The summed E-state index contributed by atoms with van der Waals surface area (Å²) in [5.74, 6) is 1.05. The Morgan fingerprint density at radius 3 is 2.85 bits per heavy atom. The fourth-order valence-electron chi connectivity index (χ4n) is 1.88. The van der Waals surface area contributed by atoms with E-state index in [-0.39, 0.29) is 0 Å². The van der Waals surface area contributed by atoms with Crippen LogP contribution in [0.4, 0.5) is 0 Å². The van der Waals surface area contributed by atoms with Crippen molar-refractivity contribution in [2.45, 2.75) is 25.0 Å². The quantitative estimate of drug-likeness (QED) is 0.608. The second-order valence-corrected chi connectivity index (χ2v) is 3.67. The Morgan fingerprint density at radius 2 is 2.00 bits per heavy atom. The van der Waals surface area contributed by atoms with Gasteiger partial charge in [0.2, 0.25) is 0 Å². The van der Waals surface area contributed by atoms with Crippen LogP contribution in [0.2, 0.25) is 0 Å². The second-order valence-electron chi connectivity index (χ2n) is 3.67. The van der Waals surface area contributed by atoms with E-state index < -0.39 is 0 Å². The van der Waals surface area contributed by atoms with Crippen molar-refractivity contribution in [1.29, 1.82) is 0 Å². The van der Waals surface area contributed by atoms with Gasteiger partial charge in [0.15, 0.2) is 0 Å². The van der Waals surface area contributed by atoms with E-state index in [1.165, 1.54) is 5.56 Å². The van der Waals surface area contributed by atoms with Crippen molar-refractivity contribution in [2.24, 2.45) is 0 Å². The summed E-state index contributed by atoms with van der Waals surface area (Å²) in [5, 5.41) is 0. The van der Waals surface area contributed by atoms with Gasteiger partial charge in [0.1, 0.15) is 18.0 Å². The number of benzene rings is 1. The molecule has 2 aliphatic rings. The minimum atomic E-state index is 0.301. The van der Waals surface area contributed by atoms with Crippen LogP contribution in [0.1, 0.15) is 12.0 Å². The molecule has 0 N–H and O–H groups in total. The average molecular weight is 176 g/mol. The van der Waals surface area contributed by atoms with Gasteiger partial charge in [-0.15, -0.1) is 0 Å². The zero-order valence-electron chi connectivity index (χ0n) is 7.40. The fraction of sp³-hybridized carbons (Fsp3) is 0.455. The third kappa shape index (κ3) is 1.31. The van der Waals surface area contributed by atoms with Crippen LogP contribution in [0.3, 0.4) is 0 Å². The molecule has 2 heteroatoms. The van der Waals surface area contributed by atoms with Crippen LogP contribution in [-0.2, 0) is 11.2 Å². The van der Waals surface area contributed by atoms with Crippen LogP contribution in [0.5, 0.6) is 5.75 Å². The smallest absolute Gasteiger partial charge is 0.127 e. The Bertz CT molecular complexity index is 318. The molecule has 0 bridgehead atoms. The first-order chi connectivity index (χ1) is 6.43. The number of fused-ring (bicyclic) bond motifs is 1. The number of para-hydroxylation sites is 1. The van der Waals surface area contributed by atoms with Gasteiger partial charge in [0.05, 0.1) is 6.61 Å². The second kappa shape index (κ2) is 2.74. The van der Waals surface area contributed by atoms with Gasteiger partial charge in [-0.1, -0.05) is 18.2 Å². The molecule has 2 atom stereocenters. The Labute approximate surface area is 77.5 Å². The topological polar surface area (TPSA) is 21.8 Å². The third-order valence-corrected chi connectivity index (χ3v) is 2.72. The molecule has 2 heterocycles. The third-order valence-electron chi connectivity index (χ3n) is 2.72. The van der Waals surface area contributed by atoms with Gasteiger partial charge in [-0.05, 0) is 24.5 Å². The molecule has 68 valence electrons. The average Bonchev–Trinajstić information content (AvgIpc) is 3.00. The highest BCUT2D eigenvalue weighted by atomic mass is 16.6. The fourth-order valence-corrected chi connectivity index (χ4v) is 1.88. The molecule has 0 radical (unpaired) electrons. The normalized spacial score (nSPS) is 30.5. The summed E-state index contributed by atoms with van der Waals surface area (Å²) < 4.78 is 11.1. The van der Waals surface area contributed by atoms with Gasteiger partial charge in [0, 0.05) is 0 Å². The van der Waals surface area contributed by atoms with Crippen molar-refractivity contribution >= 4 is 0 Å². The van der Waals surface area contributed by atoms with Crippen LogP contribution >= 0.6 is 0 Å². The maximum Gasteiger partial charge on any atom is 0.127 e. The lowest BCUT2D eigenvalue weighted by molar-refractivity contribution is 0.136. The molecular weight excluding hydrogens is 164 g/mol. The van der Waals surface area contributed by atoms with Gasteiger partial charge in [-0.3, -0.25) is 0 Å². The number of ether oxygens (including phenoxy) is 2. The largest absolute Gasteiger partial charge is 0.487 e. The summed E-state index contributed by atoms with van der Waals surface area (Å²) in [6, 6.07) is 8.27. The molecular formula is C11H12O2. The Morgan fingerprint density at radius 1 is 1.15 bits per heavy atom. The summed E-state index contributed by atoms with van der Waals surface area (Å²) in [7, 11) is 0. The molecule has 1 saturated heterocycles. The lowest BCUT2D eigenvalue weighted by Gasteiger charge is -2.24. The number of hydrogen-bond donors (Lipinski definition) is 0. The number of rotatable bonds is 1. The molecule has 1 fully saturated rings. The lowest BCUT2D eigenvalue weighted by Crippen LogP contribution is -2.27. The summed E-state index contributed by atoms with van der Waals surface area (Å²) in [4.78, 5) is 0. The standard InChI is InChI=1S/C11H12O2/c1-2-4-9-8(3-1)5-6-10(13-9)11-7-12-11/h1-4,10-11H,5-7H2/t10?,11-/m0/s1. The molecule has 0 saturated carbocycles. The summed E-state index contributed by atoms with van der Waals surface area (Å²) in [5.41, 5.74) is 1.33. The van der Waals surface area contributed by atoms with Crippen LogP contribution < -0.4 is 4.74 Å². The van der Waals surface area contributed by atoms with Crippen molar-refractivity contribution in [3.8, 4) is 5.75 Å². The minimum absolute atomic E-state index is 0.301. The molecule has 0 spiro atoms. The minimum Gasteiger partial charge on any atom is -0.487 e. The maximum atomic E-state index is 5.83. The highest BCUT2D eigenvalue weighted by Crippen LogP contribution is 2.31. The molecule has 3 rings (SSSR count). The summed E-state index contributed by atoms with van der Waals surface area (Å²) >= 11 is 0. The van der Waals surface area contributed by atoms with Crippen LogP contribution in [0.25, 0.3) is 0 Å². The van der Waals surface area contributed by atoms with Crippen LogP contribution in [0, 0.1) is 0 Å². The number of aryl methyl sites for hydroxylation is 1. The molecule has 0 amide bonds. The monoisotopic (exact) mass is 176 g/mol. The van der Waals surface area contributed by atoms with Crippen LogP contribution in [-0.4, -0.2) is 18.8 Å². The van der Waals surface area contributed by atoms with Crippen molar-refractivity contribution in [3.05, 3.63) is 29.8 Å². The molecule has 13 heavy (non-hydrogen) atoms. The molecule has 1 unspecified atom stereocenters. The maximum absolute atomic E-state index is 5.83. The van der Waals surface area contributed by atoms with E-state index in [1.54, 1.807) is 0 Å². The zero-order chi connectivity index (χ0) is 8.67. The molecule has 1 aromatic rings. The van der Waals surface area contributed by atoms with Crippen LogP contribution in [0.15, 0.2) is 24.3 Å². The molecule has 2 aliphatic heterocycles. The van der Waals surface area contributed by atoms with Crippen molar-refractivity contribution in [1.82, 2.24) is 0 Å². The van der Waals surface area contributed by atoms with Gasteiger partial charge in [-0.25, -0.2) is 0 Å². The molecule has 2 nitrogen and oxygen atoms in total. The predicted molar refractivity (Wildman–Crippen MR) is 48.9 cm³/mol.